The molecule has 0 atom stereocenters. The van der Waals surface area contributed by atoms with Crippen LogP contribution in [0.25, 0.3) is 33.5 Å². The molecule has 4 aromatic rings. The zero-order valence-electron chi connectivity index (χ0n) is 18.7. The molecule has 4 nitrogen and oxygen atoms in total. The summed E-state index contributed by atoms with van der Waals surface area (Å²) in [5.41, 5.74) is 3.80. The summed E-state index contributed by atoms with van der Waals surface area (Å²) in [5.74, 6) is 0.231. The smallest absolute Gasteiger partial charge is 0.229 e. The molecule has 0 bridgehead atoms. The number of anilines is 1. The maximum absolute atomic E-state index is 13.2. The number of aromatic nitrogens is 1. The van der Waals surface area contributed by atoms with E-state index in [9.17, 15) is 4.79 Å². The molecule has 0 saturated carbocycles. The molecule has 0 spiro atoms. The van der Waals surface area contributed by atoms with Crippen LogP contribution >= 0.6 is 23.2 Å². The quantitative estimate of drug-likeness (QED) is 0.288. The number of carbonyl (C=O) groups excluding carboxylic acids is 1. The van der Waals surface area contributed by atoms with E-state index in [0.717, 1.165) is 22.1 Å². The maximum atomic E-state index is 13.2. The highest BCUT2D eigenvalue weighted by Crippen LogP contribution is 2.42. The molecule has 2 aromatic heterocycles. The summed E-state index contributed by atoms with van der Waals surface area (Å²) in [5, 5.41) is 2.00. The predicted octanol–water partition coefficient (Wildman–Crippen LogP) is 7.76. The molecule has 32 heavy (non-hydrogen) atoms. The number of halogens is 2. The molecule has 164 valence electrons. The van der Waals surface area contributed by atoms with E-state index in [0.29, 0.717) is 32.9 Å². The number of Topliss-reactive ketones (excluding diaryl/α,β-unsaturated/α-hetero) is 1. The summed E-state index contributed by atoms with van der Waals surface area (Å²) in [6.45, 7) is 5.64. The summed E-state index contributed by atoms with van der Waals surface area (Å²) < 4.78 is 6.09. The Labute approximate surface area is 197 Å². The standard InChI is InChI=1S/C26H24Cl2N2O2/c1-26(2,3)24(31)23-22(30(4)5)19-14-18(15-10-12-16(27)13-11-15)21(29-25(19)32-23)17-8-6-7-9-20(17)28/h6-14H,1-5H3. The molecule has 0 radical (unpaired) electrons. The van der Waals surface area contributed by atoms with E-state index in [1.165, 1.54) is 0 Å². The minimum absolute atomic E-state index is 0.0773. The highest BCUT2D eigenvalue weighted by atomic mass is 35.5. The van der Waals surface area contributed by atoms with Gasteiger partial charge >= 0.3 is 0 Å². The number of ketones is 1. The van der Waals surface area contributed by atoms with Gasteiger partial charge in [0.1, 0.15) is 0 Å². The maximum Gasteiger partial charge on any atom is 0.229 e. The molecule has 0 saturated heterocycles. The van der Waals surface area contributed by atoms with Crippen molar-refractivity contribution >= 4 is 45.8 Å². The van der Waals surface area contributed by atoms with Crippen molar-refractivity contribution in [2.75, 3.05) is 19.0 Å². The lowest BCUT2D eigenvalue weighted by Crippen LogP contribution is -2.22. The molecule has 0 aliphatic carbocycles. The second kappa shape index (κ2) is 8.27. The van der Waals surface area contributed by atoms with E-state index >= 15 is 0 Å². The van der Waals surface area contributed by atoms with Gasteiger partial charge in [-0.2, -0.15) is 0 Å². The van der Waals surface area contributed by atoms with Crippen molar-refractivity contribution in [3.05, 3.63) is 70.4 Å². The van der Waals surface area contributed by atoms with Gasteiger partial charge in [-0.3, -0.25) is 4.79 Å². The van der Waals surface area contributed by atoms with Crippen LogP contribution in [0.4, 0.5) is 5.69 Å². The van der Waals surface area contributed by atoms with Gasteiger partial charge in [-0.15, -0.1) is 0 Å². The molecule has 4 rings (SSSR count). The highest BCUT2D eigenvalue weighted by molar-refractivity contribution is 6.33. The van der Waals surface area contributed by atoms with E-state index < -0.39 is 5.41 Å². The van der Waals surface area contributed by atoms with Crippen LogP contribution in [0.1, 0.15) is 31.3 Å². The average molecular weight is 467 g/mol. The number of nitrogens with zero attached hydrogens (tertiary/aromatic N) is 2. The van der Waals surface area contributed by atoms with Crippen LogP contribution in [0, 0.1) is 5.41 Å². The lowest BCUT2D eigenvalue weighted by Gasteiger charge is -2.18. The van der Waals surface area contributed by atoms with Crippen LogP contribution in [0.3, 0.4) is 0 Å². The SMILES string of the molecule is CN(C)c1c(C(=O)C(C)(C)C)oc2nc(-c3ccccc3Cl)c(-c3ccc(Cl)cc3)cc12. The second-order valence-corrected chi connectivity index (χ2v) is 9.82. The number of furan rings is 1. The molecule has 0 N–H and O–H groups in total. The Morgan fingerprint density at radius 2 is 1.62 bits per heavy atom. The van der Waals surface area contributed by atoms with Gasteiger partial charge in [0, 0.05) is 40.7 Å². The van der Waals surface area contributed by atoms with Crippen LogP contribution in [0.2, 0.25) is 10.0 Å². The van der Waals surface area contributed by atoms with Gasteiger partial charge < -0.3 is 9.32 Å². The van der Waals surface area contributed by atoms with Crippen molar-refractivity contribution in [3.63, 3.8) is 0 Å². The minimum atomic E-state index is -0.594. The van der Waals surface area contributed by atoms with Crippen LogP contribution < -0.4 is 4.90 Å². The van der Waals surface area contributed by atoms with Gasteiger partial charge in [0.25, 0.3) is 0 Å². The Morgan fingerprint density at radius 3 is 2.22 bits per heavy atom. The monoisotopic (exact) mass is 466 g/mol. The van der Waals surface area contributed by atoms with E-state index in [2.05, 4.69) is 0 Å². The normalized spacial score (nSPS) is 11.7. The van der Waals surface area contributed by atoms with Gasteiger partial charge in [-0.1, -0.05) is 74.3 Å². The molecule has 0 aliphatic rings. The van der Waals surface area contributed by atoms with E-state index in [4.69, 9.17) is 32.6 Å². The molecule has 2 aromatic carbocycles. The largest absolute Gasteiger partial charge is 0.432 e. The van der Waals surface area contributed by atoms with Crippen molar-refractivity contribution in [3.8, 4) is 22.4 Å². The predicted molar refractivity (Wildman–Crippen MR) is 133 cm³/mol. The third-order valence-electron chi connectivity index (χ3n) is 5.28. The van der Waals surface area contributed by atoms with Crippen LogP contribution in [0.15, 0.2) is 59.0 Å². The van der Waals surface area contributed by atoms with Crippen molar-refractivity contribution in [1.29, 1.82) is 0 Å². The van der Waals surface area contributed by atoms with Crippen LogP contribution in [-0.4, -0.2) is 24.9 Å². The summed E-state index contributed by atoms with van der Waals surface area (Å²) in [6, 6.07) is 17.1. The van der Waals surface area contributed by atoms with E-state index in [-0.39, 0.29) is 5.78 Å². The van der Waals surface area contributed by atoms with Gasteiger partial charge in [-0.05, 0) is 29.8 Å². The minimum Gasteiger partial charge on any atom is -0.432 e. The fourth-order valence-electron chi connectivity index (χ4n) is 3.66. The molecular weight excluding hydrogens is 443 g/mol. The Bertz CT molecular complexity index is 1320. The Kier molecular flexibility index (Phi) is 5.78. The first-order chi connectivity index (χ1) is 15.1. The molecule has 0 unspecified atom stereocenters. The summed E-state index contributed by atoms with van der Waals surface area (Å²) in [7, 11) is 3.79. The molecule has 6 heteroatoms. The lowest BCUT2D eigenvalue weighted by atomic mass is 9.88. The average Bonchev–Trinajstić information content (AvgIpc) is 3.11. The van der Waals surface area contributed by atoms with Crippen molar-refractivity contribution < 1.29 is 9.21 Å². The number of benzene rings is 2. The third kappa shape index (κ3) is 4.01. The van der Waals surface area contributed by atoms with Crippen molar-refractivity contribution in [1.82, 2.24) is 4.98 Å². The number of fused-ring (bicyclic) bond motifs is 1. The fourth-order valence-corrected chi connectivity index (χ4v) is 4.01. The first-order valence-electron chi connectivity index (χ1n) is 10.3. The van der Waals surface area contributed by atoms with Gasteiger partial charge in [0.2, 0.25) is 11.5 Å². The van der Waals surface area contributed by atoms with E-state index in [1.807, 2.05) is 94.4 Å². The number of pyridine rings is 1. The van der Waals surface area contributed by atoms with Crippen molar-refractivity contribution in [2.45, 2.75) is 20.8 Å². The number of carbonyl (C=O) groups is 1. The van der Waals surface area contributed by atoms with Crippen LogP contribution in [-0.2, 0) is 0 Å². The zero-order chi connectivity index (χ0) is 23.2. The van der Waals surface area contributed by atoms with Crippen LogP contribution in [0.5, 0.6) is 0 Å². The van der Waals surface area contributed by atoms with E-state index in [1.54, 1.807) is 0 Å². The summed E-state index contributed by atoms with van der Waals surface area (Å²) >= 11 is 12.7. The van der Waals surface area contributed by atoms with Gasteiger partial charge in [0.15, 0.2) is 5.76 Å². The fraction of sp³-hybridized carbons (Fsp3) is 0.231. The Morgan fingerprint density at radius 1 is 0.969 bits per heavy atom. The molecule has 2 heterocycles. The topological polar surface area (TPSA) is 46.3 Å². The molecule has 0 aliphatic heterocycles. The Balaban J connectivity index is 2.08. The number of hydrogen-bond acceptors (Lipinski definition) is 4. The summed E-state index contributed by atoms with van der Waals surface area (Å²) in [4.78, 5) is 19.9. The first-order valence-corrected chi connectivity index (χ1v) is 11.0. The second-order valence-electron chi connectivity index (χ2n) is 8.98. The van der Waals surface area contributed by atoms with Crippen molar-refractivity contribution in [2.24, 2.45) is 5.41 Å². The molecule has 0 amide bonds. The highest BCUT2D eigenvalue weighted by Gasteiger charge is 2.32. The summed E-state index contributed by atoms with van der Waals surface area (Å²) in [6.07, 6.45) is 0. The third-order valence-corrected chi connectivity index (χ3v) is 5.86. The number of rotatable bonds is 4. The first kappa shape index (κ1) is 22.4. The Hall–Kier alpha value is -2.82. The van der Waals surface area contributed by atoms with Gasteiger partial charge in [-0.25, -0.2) is 4.98 Å². The molecular formula is C26H24Cl2N2O2. The molecule has 0 fully saturated rings. The zero-order valence-corrected chi connectivity index (χ0v) is 20.2. The lowest BCUT2D eigenvalue weighted by molar-refractivity contribution is 0.0831. The number of hydrogen-bond donors (Lipinski definition) is 0. The van der Waals surface area contributed by atoms with Gasteiger partial charge in [0.05, 0.1) is 16.8 Å².